The van der Waals surface area contributed by atoms with E-state index in [1.54, 1.807) is 0 Å². The van der Waals surface area contributed by atoms with Crippen LogP contribution in [0.25, 0.3) is 10.9 Å². The largest absolute Gasteiger partial charge is 0.339 e. The molecule has 1 saturated carbocycles. The molecule has 3 rings (SSSR count). The Morgan fingerprint density at radius 3 is 2.57 bits per heavy atom. The monoisotopic (exact) mass is 310 g/mol. The van der Waals surface area contributed by atoms with Crippen LogP contribution in [0.1, 0.15) is 67.9 Å². The van der Waals surface area contributed by atoms with Gasteiger partial charge >= 0.3 is 0 Å². The van der Waals surface area contributed by atoms with Crippen LogP contribution in [0.3, 0.4) is 0 Å². The number of para-hydroxylation sites is 1. The summed E-state index contributed by atoms with van der Waals surface area (Å²) in [6.07, 6.45) is 6.02. The molecule has 2 aromatic rings. The molecular formula is C20H26N2O. The third kappa shape index (κ3) is 3.24. The van der Waals surface area contributed by atoms with Crippen LogP contribution < -0.4 is 0 Å². The number of nitrogens with zero attached hydrogens (tertiary/aromatic N) is 2. The van der Waals surface area contributed by atoms with E-state index in [0.29, 0.717) is 12.0 Å². The molecule has 1 amide bonds. The Kier molecular flexibility index (Phi) is 4.65. The molecule has 1 fully saturated rings. The Morgan fingerprint density at radius 2 is 1.87 bits per heavy atom. The fourth-order valence-electron chi connectivity index (χ4n) is 3.49. The van der Waals surface area contributed by atoms with E-state index in [4.69, 9.17) is 4.98 Å². The van der Waals surface area contributed by atoms with Gasteiger partial charge in [0, 0.05) is 24.2 Å². The zero-order valence-corrected chi connectivity index (χ0v) is 14.4. The molecule has 0 unspecified atom stereocenters. The molecule has 1 aliphatic carbocycles. The van der Waals surface area contributed by atoms with E-state index < -0.39 is 0 Å². The summed E-state index contributed by atoms with van der Waals surface area (Å²) in [5.41, 5.74) is 2.70. The van der Waals surface area contributed by atoms with E-state index in [0.717, 1.165) is 35.0 Å². The van der Waals surface area contributed by atoms with Crippen molar-refractivity contribution < 1.29 is 4.79 Å². The molecule has 23 heavy (non-hydrogen) atoms. The van der Waals surface area contributed by atoms with Crippen molar-refractivity contribution in [1.82, 2.24) is 9.88 Å². The van der Waals surface area contributed by atoms with E-state index in [1.165, 1.54) is 19.3 Å². The van der Waals surface area contributed by atoms with Gasteiger partial charge in [-0.2, -0.15) is 0 Å². The Labute approximate surface area is 138 Å². The van der Waals surface area contributed by atoms with Gasteiger partial charge in [-0.15, -0.1) is 0 Å². The number of carbonyl (C=O) groups is 1. The van der Waals surface area contributed by atoms with E-state index in [9.17, 15) is 4.79 Å². The quantitative estimate of drug-likeness (QED) is 0.818. The molecule has 1 heterocycles. The third-order valence-electron chi connectivity index (χ3n) is 5.00. The first-order chi connectivity index (χ1) is 11.1. The lowest BCUT2D eigenvalue weighted by Gasteiger charge is -2.31. The molecule has 1 aliphatic rings. The van der Waals surface area contributed by atoms with E-state index in [1.807, 2.05) is 42.3 Å². The Hall–Kier alpha value is -1.90. The number of fused-ring (bicyclic) bond motifs is 1. The third-order valence-corrected chi connectivity index (χ3v) is 5.00. The van der Waals surface area contributed by atoms with Gasteiger partial charge in [0.2, 0.25) is 0 Å². The van der Waals surface area contributed by atoms with Gasteiger partial charge in [0.25, 0.3) is 5.91 Å². The molecule has 0 spiro atoms. The summed E-state index contributed by atoms with van der Waals surface area (Å²) in [5.74, 6) is 0.448. The summed E-state index contributed by atoms with van der Waals surface area (Å²) in [4.78, 5) is 19.8. The average Bonchev–Trinajstić information content (AvgIpc) is 2.60. The summed E-state index contributed by atoms with van der Waals surface area (Å²) >= 11 is 0. The van der Waals surface area contributed by atoms with Crippen LogP contribution in [0.4, 0.5) is 0 Å². The van der Waals surface area contributed by atoms with Crippen molar-refractivity contribution >= 4 is 16.8 Å². The topological polar surface area (TPSA) is 33.2 Å². The Balaban J connectivity index is 2.01. The molecule has 0 bridgehead atoms. The van der Waals surface area contributed by atoms with Crippen molar-refractivity contribution in [2.75, 3.05) is 7.05 Å². The number of hydrogen-bond acceptors (Lipinski definition) is 2. The zero-order valence-electron chi connectivity index (χ0n) is 14.4. The molecule has 1 aromatic carbocycles. The predicted molar refractivity (Wildman–Crippen MR) is 94.8 cm³/mol. The van der Waals surface area contributed by atoms with Gasteiger partial charge in [0.05, 0.1) is 11.1 Å². The van der Waals surface area contributed by atoms with Crippen LogP contribution in [0.2, 0.25) is 0 Å². The summed E-state index contributed by atoms with van der Waals surface area (Å²) < 4.78 is 0. The normalized spacial score (nSPS) is 16.0. The van der Waals surface area contributed by atoms with Gasteiger partial charge in [-0.3, -0.25) is 9.78 Å². The van der Waals surface area contributed by atoms with Crippen molar-refractivity contribution in [3.63, 3.8) is 0 Å². The molecular weight excluding hydrogens is 284 g/mol. The fourth-order valence-corrected chi connectivity index (χ4v) is 3.49. The minimum Gasteiger partial charge on any atom is -0.339 e. The van der Waals surface area contributed by atoms with Gasteiger partial charge in [-0.05, 0) is 30.9 Å². The predicted octanol–water partition coefficient (Wildman–Crippen LogP) is 4.76. The van der Waals surface area contributed by atoms with Crippen molar-refractivity contribution in [2.45, 2.75) is 57.9 Å². The minimum absolute atomic E-state index is 0.136. The first-order valence-electron chi connectivity index (χ1n) is 8.74. The van der Waals surface area contributed by atoms with Gasteiger partial charge in [-0.25, -0.2) is 0 Å². The average molecular weight is 310 g/mol. The number of aromatic nitrogens is 1. The molecule has 0 aliphatic heterocycles. The molecule has 1 aromatic heterocycles. The lowest BCUT2D eigenvalue weighted by atomic mass is 9.93. The van der Waals surface area contributed by atoms with Crippen molar-refractivity contribution in [1.29, 1.82) is 0 Å². The van der Waals surface area contributed by atoms with Gasteiger partial charge < -0.3 is 4.90 Å². The van der Waals surface area contributed by atoms with Crippen molar-refractivity contribution in [3.8, 4) is 0 Å². The van der Waals surface area contributed by atoms with Crippen LogP contribution in [-0.4, -0.2) is 28.9 Å². The van der Waals surface area contributed by atoms with E-state index in [2.05, 4.69) is 13.8 Å². The number of pyridine rings is 1. The fraction of sp³-hybridized carbons (Fsp3) is 0.500. The van der Waals surface area contributed by atoms with E-state index >= 15 is 0 Å². The first kappa shape index (κ1) is 16.0. The number of amides is 1. The molecule has 3 nitrogen and oxygen atoms in total. The zero-order chi connectivity index (χ0) is 16.4. The maximum absolute atomic E-state index is 13.1. The van der Waals surface area contributed by atoms with Crippen LogP contribution in [0.5, 0.6) is 0 Å². The van der Waals surface area contributed by atoms with Gasteiger partial charge in [0.1, 0.15) is 0 Å². The highest BCUT2D eigenvalue weighted by atomic mass is 16.2. The number of rotatable bonds is 3. The highest BCUT2D eigenvalue weighted by Gasteiger charge is 2.25. The maximum atomic E-state index is 13.1. The van der Waals surface area contributed by atoms with E-state index in [-0.39, 0.29) is 5.91 Å². The molecule has 0 N–H and O–H groups in total. The highest BCUT2D eigenvalue weighted by Crippen LogP contribution is 2.27. The van der Waals surface area contributed by atoms with Gasteiger partial charge in [0.15, 0.2) is 0 Å². The summed E-state index contributed by atoms with van der Waals surface area (Å²) in [5, 5.41) is 0.963. The summed E-state index contributed by atoms with van der Waals surface area (Å²) in [6, 6.07) is 10.3. The van der Waals surface area contributed by atoms with Crippen LogP contribution in [0.15, 0.2) is 30.3 Å². The molecule has 122 valence electrons. The molecule has 0 saturated heterocycles. The van der Waals surface area contributed by atoms with Crippen LogP contribution >= 0.6 is 0 Å². The number of benzene rings is 1. The second-order valence-electron chi connectivity index (χ2n) is 6.97. The van der Waals surface area contributed by atoms with Crippen LogP contribution in [0, 0.1) is 0 Å². The first-order valence-corrected chi connectivity index (χ1v) is 8.74. The SMILES string of the molecule is CC(C)c1cc(C(=O)N(C)C2CCCCC2)c2ccccc2n1. The minimum atomic E-state index is 0.136. The molecule has 0 atom stereocenters. The smallest absolute Gasteiger partial charge is 0.254 e. The summed E-state index contributed by atoms with van der Waals surface area (Å²) in [7, 11) is 1.96. The Morgan fingerprint density at radius 1 is 1.17 bits per heavy atom. The lowest BCUT2D eigenvalue weighted by Crippen LogP contribution is -2.38. The molecule has 0 radical (unpaired) electrons. The summed E-state index contributed by atoms with van der Waals surface area (Å²) in [6.45, 7) is 4.24. The Bertz CT molecular complexity index is 702. The lowest BCUT2D eigenvalue weighted by molar-refractivity contribution is 0.0698. The van der Waals surface area contributed by atoms with Crippen LogP contribution in [-0.2, 0) is 0 Å². The highest BCUT2D eigenvalue weighted by molar-refractivity contribution is 6.06. The van der Waals surface area contributed by atoms with Crippen molar-refractivity contribution in [3.05, 3.63) is 41.6 Å². The standard InChI is InChI=1S/C20H26N2O/c1-14(2)19-13-17(16-11-7-8-12-18(16)21-19)20(23)22(3)15-9-5-4-6-10-15/h7-8,11-15H,4-6,9-10H2,1-3H3. The number of carbonyl (C=O) groups excluding carboxylic acids is 1. The maximum Gasteiger partial charge on any atom is 0.254 e. The van der Waals surface area contributed by atoms with Crippen molar-refractivity contribution in [2.24, 2.45) is 0 Å². The second-order valence-corrected chi connectivity index (χ2v) is 6.97. The second kappa shape index (κ2) is 6.69. The molecule has 3 heteroatoms. The van der Waals surface area contributed by atoms with Gasteiger partial charge in [-0.1, -0.05) is 51.3 Å². The number of hydrogen-bond donors (Lipinski definition) is 0.